The van der Waals surface area contributed by atoms with Gasteiger partial charge in [-0.05, 0) is 12.1 Å². The van der Waals surface area contributed by atoms with Gasteiger partial charge in [-0.2, -0.15) is 0 Å². The van der Waals surface area contributed by atoms with Gasteiger partial charge < -0.3 is 9.84 Å². The number of ether oxygens (including phenoxy) is 1. The number of azide groups is 1. The van der Waals surface area contributed by atoms with Crippen LogP contribution in [0.3, 0.4) is 0 Å². The average Bonchev–Trinajstić information content (AvgIpc) is 2.34. The number of aliphatic hydroxyl groups excluding tert-OH is 1. The van der Waals surface area contributed by atoms with E-state index in [0.29, 0.717) is 0 Å². The van der Waals surface area contributed by atoms with E-state index >= 15 is 0 Å². The van der Waals surface area contributed by atoms with E-state index < -0.39 is 24.0 Å². The van der Waals surface area contributed by atoms with Gasteiger partial charge >= 0.3 is 5.69 Å². The van der Waals surface area contributed by atoms with Crippen molar-refractivity contribution in [1.82, 2.24) is 9.55 Å². The van der Waals surface area contributed by atoms with Crippen LogP contribution in [0.1, 0.15) is 0 Å². The zero-order valence-electron chi connectivity index (χ0n) is 9.31. The highest BCUT2D eigenvalue weighted by Crippen LogP contribution is 2.04. The summed E-state index contributed by atoms with van der Waals surface area (Å²) < 4.78 is 6.10. The lowest BCUT2D eigenvalue weighted by atomic mass is 10.4. The molecule has 1 rings (SSSR count). The number of hydrogen-bond donors (Lipinski definition) is 2. The molecule has 0 saturated carbocycles. The van der Waals surface area contributed by atoms with E-state index in [1.54, 1.807) is 0 Å². The maximum absolute atomic E-state index is 11.4. The number of aliphatic hydroxyl groups is 1. The van der Waals surface area contributed by atoms with Crippen molar-refractivity contribution >= 4 is 5.88 Å². The minimum absolute atomic E-state index is 0.0940. The largest absolute Gasteiger partial charge is 0.473 e. The summed E-state index contributed by atoms with van der Waals surface area (Å²) in [5.41, 5.74) is 6.88. The summed E-state index contributed by atoms with van der Waals surface area (Å²) in [6, 6.07) is 1.12. The molecule has 0 aliphatic carbocycles. The lowest BCUT2D eigenvalue weighted by Gasteiger charge is -2.17. The number of nitrogens with one attached hydrogen (secondary N) is 1. The van der Waals surface area contributed by atoms with E-state index in [-0.39, 0.29) is 12.4 Å². The monoisotopic (exact) mass is 253 g/mol. The van der Waals surface area contributed by atoms with E-state index in [2.05, 4.69) is 16.6 Å². The number of H-pyrrole nitrogens is 1. The Morgan fingerprint density at radius 1 is 1.72 bits per heavy atom. The average molecular weight is 253 g/mol. The molecule has 1 aromatic heterocycles. The maximum atomic E-state index is 11.4. The number of hydrogen-bond acceptors (Lipinski definition) is 5. The van der Waals surface area contributed by atoms with Crippen LogP contribution in [0.4, 0.5) is 0 Å². The maximum Gasteiger partial charge on any atom is 0.335 e. The highest BCUT2D eigenvalue weighted by molar-refractivity contribution is 5.31. The first kappa shape index (κ1) is 13.6. The molecule has 0 spiro atoms. The summed E-state index contributed by atoms with van der Waals surface area (Å²) >= 11 is 0. The molecular weight excluding hydrogens is 242 g/mol. The molecule has 1 aromatic rings. The lowest BCUT2D eigenvalue weighted by Crippen LogP contribution is -2.30. The van der Waals surface area contributed by atoms with E-state index in [4.69, 9.17) is 15.4 Å². The van der Waals surface area contributed by atoms with Crippen molar-refractivity contribution in [2.75, 3.05) is 13.2 Å². The third kappa shape index (κ3) is 3.51. The minimum atomic E-state index is -0.813. The topological polar surface area (TPSA) is 133 Å². The molecule has 0 bridgehead atoms. The second-order valence-electron chi connectivity index (χ2n) is 3.21. The second-order valence-corrected chi connectivity index (χ2v) is 3.21. The predicted molar refractivity (Wildman–Crippen MR) is 62.6 cm³/mol. The Morgan fingerprint density at radius 3 is 3.00 bits per heavy atom. The molecule has 0 saturated heterocycles. The van der Waals surface area contributed by atoms with Gasteiger partial charge in [0.25, 0.3) is 5.56 Å². The van der Waals surface area contributed by atoms with Gasteiger partial charge in [0.15, 0.2) is 5.88 Å². The van der Waals surface area contributed by atoms with Crippen molar-refractivity contribution in [1.29, 1.82) is 0 Å². The van der Waals surface area contributed by atoms with Crippen molar-refractivity contribution in [2.45, 2.75) is 6.10 Å². The van der Waals surface area contributed by atoms with Crippen LogP contribution in [0.25, 0.3) is 16.3 Å². The molecule has 1 atom stereocenters. The number of aromatic amines is 1. The van der Waals surface area contributed by atoms with Gasteiger partial charge in [0.1, 0.15) is 6.10 Å². The first-order chi connectivity index (χ1) is 8.58. The molecule has 2 N–H and O–H groups in total. The minimum Gasteiger partial charge on any atom is -0.473 e. The van der Waals surface area contributed by atoms with Crippen LogP contribution in [0, 0.1) is 0 Å². The molecule has 0 radical (unpaired) electrons. The molecule has 0 aliphatic rings. The molecule has 0 amide bonds. The summed E-state index contributed by atoms with van der Waals surface area (Å²) in [5, 5.41) is 12.2. The van der Waals surface area contributed by atoms with E-state index in [1.807, 2.05) is 4.98 Å². The first-order valence-corrected chi connectivity index (χ1v) is 4.88. The van der Waals surface area contributed by atoms with Crippen LogP contribution in [0.15, 0.2) is 33.5 Å². The molecule has 0 fully saturated rings. The van der Waals surface area contributed by atoms with Crippen LogP contribution >= 0.6 is 0 Å². The van der Waals surface area contributed by atoms with Gasteiger partial charge in [-0.15, -0.1) is 0 Å². The van der Waals surface area contributed by atoms with Crippen molar-refractivity contribution in [3.05, 3.63) is 50.1 Å². The molecule has 96 valence electrons. The Kier molecular flexibility index (Phi) is 4.73. The number of rotatable bonds is 6. The second kappa shape index (κ2) is 6.28. The highest BCUT2D eigenvalue weighted by Gasteiger charge is 2.10. The van der Waals surface area contributed by atoms with Crippen molar-refractivity contribution < 1.29 is 9.84 Å². The standard InChI is InChI=1S/C9H11N5O4/c1-6(18-7(5-15)4-11-13-10)14-3-2-8(16)12-9(14)17/h2-3,7,15H,1,4-5H2,(H,12,16,17)/t7-/m0/s1. The van der Waals surface area contributed by atoms with Crippen LogP contribution in [-0.4, -0.2) is 33.9 Å². The SMILES string of the molecule is C=C(O[C@H](CO)CN=[N+]=[N-])n1ccc(=O)[nH]c1=O. The van der Waals surface area contributed by atoms with Gasteiger partial charge in [0.05, 0.1) is 13.2 Å². The van der Waals surface area contributed by atoms with Gasteiger partial charge in [-0.3, -0.25) is 9.78 Å². The quantitative estimate of drug-likeness (QED) is 0.310. The molecule has 0 aromatic carbocycles. The zero-order valence-corrected chi connectivity index (χ0v) is 9.31. The molecule has 9 heteroatoms. The van der Waals surface area contributed by atoms with Crippen LogP contribution in [0.5, 0.6) is 0 Å². The van der Waals surface area contributed by atoms with Crippen LogP contribution in [-0.2, 0) is 4.74 Å². The summed E-state index contributed by atoms with van der Waals surface area (Å²) in [5.74, 6) is -0.0940. The molecule has 0 aliphatic heterocycles. The Bertz CT molecular complexity index is 583. The molecule has 1 heterocycles. The van der Waals surface area contributed by atoms with Gasteiger partial charge in [0, 0.05) is 17.2 Å². The number of aromatic nitrogens is 2. The molecule has 0 unspecified atom stereocenters. The van der Waals surface area contributed by atoms with E-state index in [0.717, 1.165) is 10.6 Å². The Balaban J connectivity index is 2.84. The first-order valence-electron chi connectivity index (χ1n) is 4.88. The third-order valence-electron chi connectivity index (χ3n) is 1.95. The summed E-state index contributed by atoms with van der Waals surface area (Å²) in [6.45, 7) is 2.97. The normalized spacial score (nSPS) is 11.4. The van der Waals surface area contributed by atoms with Crippen molar-refractivity contribution in [2.24, 2.45) is 5.11 Å². The van der Waals surface area contributed by atoms with Gasteiger partial charge in [-0.1, -0.05) is 5.11 Å². The number of nitrogens with zero attached hydrogens (tertiary/aromatic N) is 4. The smallest absolute Gasteiger partial charge is 0.335 e. The summed E-state index contributed by atoms with van der Waals surface area (Å²) in [6.07, 6.45) is 0.373. The predicted octanol–water partition coefficient (Wildman–Crippen LogP) is -0.347. The fourth-order valence-corrected chi connectivity index (χ4v) is 1.12. The lowest BCUT2D eigenvalue weighted by molar-refractivity contribution is 0.0908. The third-order valence-corrected chi connectivity index (χ3v) is 1.95. The fraction of sp³-hybridized carbons (Fsp3) is 0.333. The molecular formula is C9H11N5O4. The zero-order chi connectivity index (χ0) is 13.5. The summed E-state index contributed by atoms with van der Waals surface area (Å²) in [4.78, 5) is 26.8. The fourth-order valence-electron chi connectivity index (χ4n) is 1.12. The molecule has 18 heavy (non-hydrogen) atoms. The molecule has 9 nitrogen and oxygen atoms in total. The van der Waals surface area contributed by atoms with Crippen molar-refractivity contribution in [3.63, 3.8) is 0 Å². The van der Waals surface area contributed by atoms with Crippen molar-refractivity contribution in [3.8, 4) is 0 Å². The van der Waals surface area contributed by atoms with Gasteiger partial charge in [-0.25, -0.2) is 9.36 Å². The highest BCUT2D eigenvalue weighted by atomic mass is 16.5. The van der Waals surface area contributed by atoms with Gasteiger partial charge in [0.2, 0.25) is 0 Å². The van der Waals surface area contributed by atoms with Crippen LogP contribution < -0.4 is 11.2 Å². The van der Waals surface area contributed by atoms with E-state index in [1.165, 1.54) is 6.20 Å². The Hall–Kier alpha value is -2.51. The van der Waals surface area contributed by atoms with Crippen LogP contribution in [0.2, 0.25) is 0 Å². The van der Waals surface area contributed by atoms with E-state index in [9.17, 15) is 9.59 Å². The Labute approximate surface area is 101 Å². The Morgan fingerprint density at radius 2 is 2.44 bits per heavy atom. The summed E-state index contributed by atoms with van der Waals surface area (Å²) in [7, 11) is 0.